The van der Waals surface area contributed by atoms with E-state index in [0.717, 1.165) is 21.5 Å². The van der Waals surface area contributed by atoms with Crippen LogP contribution in [0, 0.1) is 0 Å². The summed E-state index contributed by atoms with van der Waals surface area (Å²) in [6.07, 6.45) is -0.0387. The quantitative estimate of drug-likeness (QED) is 0.294. The van der Waals surface area contributed by atoms with E-state index in [9.17, 15) is 4.79 Å². The largest absolute Gasteiger partial charge is 0.493 e. The molecule has 0 fully saturated rings. The SMILES string of the molecule is COc1ccc2c(c1OC)c(=O)oc1c3cc(OC(C)C)c(OC(C)C)cc3ccc21. The molecule has 31 heavy (non-hydrogen) atoms. The van der Waals surface area contributed by atoms with Crippen LogP contribution < -0.4 is 24.6 Å². The maximum absolute atomic E-state index is 13.0. The van der Waals surface area contributed by atoms with Gasteiger partial charge in [0.1, 0.15) is 11.0 Å². The molecular weight excluding hydrogens is 396 g/mol. The fourth-order valence-corrected chi connectivity index (χ4v) is 3.82. The minimum absolute atomic E-state index is 0.00302. The number of ether oxygens (including phenoxy) is 4. The first-order valence-electron chi connectivity index (χ1n) is 10.3. The molecule has 1 aromatic heterocycles. The molecule has 0 amide bonds. The maximum Gasteiger partial charge on any atom is 0.348 e. The van der Waals surface area contributed by atoms with E-state index in [0.29, 0.717) is 34.0 Å². The van der Waals surface area contributed by atoms with Crippen molar-refractivity contribution in [1.29, 1.82) is 0 Å². The van der Waals surface area contributed by atoms with Gasteiger partial charge in [-0.2, -0.15) is 0 Å². The highest BCUT2D eigenvalue weighted by atomic mass is 16.5. The Labute approximate surface area is 180 Å². The highest BCUT2D eigenvalue weighted by Crippen LogP contribution is 2.40. The Bertz CT molecular complexity index is 1330. The molecule has 3 aromatic carbocycles. The molecule has 0 aliphatic rings. The van der Waals surface area contributed by atoms with Crippen molar-refractivity contribution in [3.63, 3.8) is 0 Å². The van der Waals surface area contributed by atoms with Crippen LogP contribution in [0.3, 0.4) is 0 Å². The van der Waals surface area contributed by atoms with E-state index in [2.05, 4.69) is 0 Å². The van der Waals surface area contributed by atoms with Gasteiger partial charge in [0, 0.05) is 16.2 Å². The van der Waals surface area contributed by atoms with Crippen molar-refractivity contribution >= 4 is 32.5 Å². The molecule has 0 unspecified atom stereocenters. The molecule has 4 aromatic rings. The van der Waals surface area contributed by atoms with Gasteiger partial charge in [-0.1, -0.05) is 6.07 Å². The van der Waals surface area contributed by atoms with Crippen molar-refractivity contribution in [3.05, 3.63) is 46.8 Å². The van der Waals surface area contributed by atoms with E-state index in [1.54, 1.807) is 6.07 Å². The second-order valence-electron chi connectivity index (χ2n) is 7.91. The highest BCUT2D eigenvalue weighted by Gasteiger charge is 2.19. The van der Waals surface area contributed by atoms with Crippen LogP contribution in [0.4, 0.5) is 0 Å². The Balaban J connectivity index is 2.08. The summed E-state index contributed by atoms with van der Waals surface area (Å²) in [5, 5.41) is 3.56. The summed E-state index contributed by atoms with van der Waals surface area (Å²) >= 11 is 0. The number of rotatable bonds is 6. The second-order valence-corrected chi connectivity index (χ2v) is 7.91. The number of hydrogen-bond acceptors (Lipinski definition) is 6. The smallest absolute Gasteiger partial charge is 0.348 e. The first-order chi connectivity index (χ1) is 14.8. The summed E-state index contributed by atoms with van der Waals surface area (Å²) < 4.78 is 28.6. The predicted molar refractivity (Wildman–Crippen MR) is 122 cm³/mol. The van der Waals surface area contributed by atoms with Crippen LogP contribution in [0.1, 0.15) is 27.7 Å². The predicted octanol–water partition coefficient (Wildman–Crippen LogP) is 5.69. The molecule has 0 aliphatic heterocycles. The molecule has 0 radical (unpaired) electrons. The monoisotopic (exact) mass is 422 g/mol. The topological polar surface area (TPSA) is 67.1 Å². The van der Waals surface area contributed by atoms with Gasteiger partial charge in [-0.05, 0) is 63.4 Å². The van der Waals surface area contributed by atoms with Crippen molar-refractivity contribution in [1.82, 2.24) is 0 Å². The third-order valence-electron chi connectivity index (χ3n) is 4.99. The Morgan fingerprint density at radius 2 is 1.39 bits per heavy atom. The maximum atomic E-state index is 13.0. The van der Waals surface area contributed by atoms with Gasteiger partial charge in [-0.15, -0.1) is 0 Å². The van der Waals surface area contributed by atoms with Crippen LogP contribution in [0.25, 0.3) is 32.5 Å². The van der Waals surface area contributed by atoms with Crippen molar-refractivity contribution in [2.24, 2.45) is 0 Å². The molecular formula is C25H26O6. The lowest BCUT2D eigenvalue weighted by Crippen LogP contribution is -2.11. The molecule has 0 bridgehead atoms. The first kappa shape index (κ1) is 20.8. The van der Waals surface area contributed by atoms with E-state index in [1.807, 2.05) is 58.0 Å². The van der Waals surface area contributed by atoms with Crippen LogP contribution in [0.5, 0.6) is 23.0 Å². The van der Waals surface area contributed by atoms with Gasteiger partial charge in [0.05, 0.1) is 26.4 Å². The fraction of sp³-hybridized carbons (Fsp3) is 0.320. The lowest BCUT2D eigenvalue weighted by atomic mass is 10.0. The van der Waals surface area contributed by atoms with Crippen molar-refractivity contribution < 1.29 is 23.4 Å². The molecule has 1 heterocycles. The Morgan fingerprint density at radius 1 is 0.742 bits per heavy atom. The van der Waals surface area contributed by atoms with Crippen molar-refractivity contribution in [2.45, 2.75) is 39.9 Å². The minimum Gasteiger partial charge on any atom is -0.493 e. The third-order valence-corrected chi connectivity index (χ3v) is 4.99. The van der Waals surface area contributed by atoms with Gasteiger partial charge in [0.2, 0.25) is 0 Å². The van der Waals surface area contributed by atoms with Crippen LogP contribution in [-0.2, 0) is 0 Å². The second kappa shape index (κ2) is 8.02. The van der Waals surface area contributed by atoms with Gasteiger partial charge in [0.25, 0.3) is 0 Å². The average molecular weight is 422 g/mol. The number of fused-ring (bicyclic) bond motifs is 5. The Hall–Kier alpha value is -3.41. The van der Waals surface area contributed by atoms with Gasteiger partial charge >= 0.3 is 5.63 Å². The lowest BCUT2D eigenvalue weighted by molar-refractivity contribution is 0.199. The van der Waals surface area contributed by atoms with Gasteiger partial charge < -0.3 is 23.4 Å². The molecule has 6 heteroatoms. The molecule has 162 valence electrons. The van der Waals surface area contributed by atoms with E-state index in [4.69, 9.17) is 23.4 Å². The molecule has 0 saturated carbocycles. The van der Waals surface area contributed by atoms with Crippen molar-refractivity contribution in [3.8, 4) is 23.0 Å². The van der Waals surface area contributed by atoms with Gasteiger partial charge in [0.15, 0.2) is 23.0 Å². The summed E-state index contributed by atoms with van der Waals surface area (Å²) in [5.41, 5.74) is 0.00603. The molecule has 4 rings (SSSR count). The average Bonchev–Trinajstić information content (AvgIpc) is 2.72. The molecule has 6 nitrogen and oxygen atoms in total. The molecule has 0 aliphatic carbocycles. The zero-order valence-corrected chi connectivity index (χ0v) is 18.6. The number of benzene rings is 3. The van der Waals surface area contributed by atoms with E-state index < -0.39 is 5.63 Å². The molecule has 0 atom stereocenters. The van der Waals surface area contributed by atoms with E-state index >= 15 is 0 Å². The van der Waals surface area contributed by atoms with Crippen LogP contribution in [-0.4, -0.2) is 26.4 Å². The standard InChI is InChI=1S/C25H26O6/c1-13(2)29-20-11-15-7-8-17-16-9-10-19(27-5)24(28-6)22(16)25(26)31-23(17)18(15)12-21(20)30-14(3)4/h7-14H,1-6H3. The van der Waals surface area contributed by atoms with Crippen molar-refractivity contribution in [2.75, 3.05) is 14.2 Å². The minimum atomic E-state index is -0.486. The fourth-order valence-electron chi connectivity index (χ4n) is 3.82. The normalized spacial score (nSPS) is 11.6. The first-order valence-corrected chi connectivity index (χ1v) is 10.3. The lowest BCUT2D eigenvalue weighted by Gasteiger charge is -2.18. The molecule has 0 spiro atoms. The number of hydrogen-bond donors (Lipinski definition) is 0. The van der Waals surface area contributed by atoms with Gasteiger partial charge in [-0.25, -0.2) is 4.79 Å². The summed E-state index contributed by atoms with van der Waals surface area (Å²) in [6.45, 7) is 7.85. The van der Waals surface area contributed by atoms with E-state index in [-0.39, 0.29) is 12.2 Å². The number of methoxy groups -OCH3 is 2. The summed E-state index contributed by atoms with van der Waals surface area (Å²) in [7, 11) is 3.04. The van der Waals surface area contributed by atoms with Crippen LogP contribution >= 0.6 is 0 Å². The molecule has 0 N–H and O–H groups in total. The zero-order chi connectivity index (χ0) is 22.3. The summed E-state index contributed by atoms with van der Waals surface area (Å²) in [6, 6.07) is 11.4. The Morgan fingerprint density at radius 3 is 2.00 bits per heavy atom. The highest BCUT2D eigenvalue weighted by molar-refractivity contribution is 6.15. The zero-order valence-electron chi connectivity index (χ0n) is 18.6. The molecule has 0 saturated heterocycles. The Kier molecular flexibility index (Phi) is 5.39. The van der Waals surface area contributed by atoms with Crippen LogP contribution in [0.2, 0.25) is 0 Å². The van der Waals surface area contributed by atoms with Gasteiger partial charge in [-0.3, -0.25) is 0 Å². The van der Waals surface area contributed by atoms with E-state index in [1.165, 1.54) is 14.2 Å². The van der Waals surface area contributed by atoms with Crippen LogP contribution in [0.15, 0.2) is 45.6 Å². The summed E-state index contributed by atoms with van der Waals surface area (Å²) in [4.78, 5) is 13.0. The summed E-state index contributed by atoms with van der Waals surface area (Å²) in [5.74, 6) is 2.11. The third kappa shape index (κ3) is 3.63.